The Morgan fingerprint density at radius 1 is 1.14 bits per heavy atom. The van der Waals surface area contributed by atoms with Gasteiger partial charge in [-0.05, 0) is 54.9 Å². The number of halogens is 1. The van der Waals surface area contributed by atoms with Gasteiger partial charge in [-0.15, -0.1) is 0 Å². The molecule has 0 fully saturated rings. The minimum Gasteiger partial charge on any atom is -0.329 e. The van der Waals surface area contributed by atoms with E-state index in [0.29, 0.717) is 9.79 Å². The lowest BCUT2D eigenvalue weighted by Gasteiger charge is -2.06. The van der Waals surface area contributed by atoms with Crippen molar-refractivity contribution >= 4 is 34.9 Å². The molecule has 0 atom stereocenters. The Kier molecular flexibility index (Phi) is 4.13. The standard InChI is InChI=1S/C17H17ClN2S/c1-2-3-5-12-8-10-13(11-9-12)20-15-7-4-6-14(18)16(15)19-17(20)21/h4,6-11H,2-3,5H2,1H3,(H,19,21). The van der Waals surface area contributed by atoms with Crippen LogP contribution in [0.25, 0.3) is 16.7 Å². The molecule has 0 aliphatic rings. The van der Waals surface area contributed by atoms with Crippen LogP contribution in [-0.2, 0) is 6.42 Å². The number of aromatic nitrogens is 2. The average Bonchev–Trinajstić information content (AvgIpc) is 2.83. The van der Waals surface area contributed by atoms with E-state index in [1.54, 1.807) is 0 Å². The Labute approximate surface area is 134 Å². The minimum absolute atomic E-state index is 0.666. The summed E-state index contributed by atoms with van der Waals surface area (Å²) in [6.45, 7) is 2.21. The number of rotatable bonds is 4. The summed E-state index contributed by atoms with van der Waals surface area (Å²) in [6, 6.07) is 14.4. The molecule has 1 N–H and O–H groups in total. The van der Waals surface area contributed by atoms with E-state index >= 15 is 0 Å². The number of unbranched alkanes of at least 4 members (excludes halogenated alkanes) is 1. The van der Waals surface area contributed by atoms with E-state index in [2.05, 4.69) is 36.2 Å². The number of imidazole rings is 1. The number of aromatic amines is 1. The summed E-state index contributed by atoms with van der Waals surface area (Å²) in [7, 11) is 0. The molecule has 21 heavy (non-hydrogen) atoms. The lowest BCUT2D eigenvalue weighted by Crippen LogP contribution is -1.94. The predicted octanol–water partition coefficient (Wildman–Crippen LogP) is 5.68. The molecule has 0 amide bonds. The fourth-order valence-electron chi connectivity index (χ4n) is 2.54. The van der Waals surface area contributed by atoms with E-state index in [4.69, 9.17) is 23.8 Å². The summed E-state index contributed by atoms with van der Waals surface area (Å²) in [5.74, 6) is 0. The molecule has 0 aliphatic carbocycles. The van der Waals surface area contributed by atoms with Crippen molar-refractivity contribution in [2.75, 3.05) is 0 Å². The molecule has 108 valence electrons. The maximum absolute atomic E-state index is 6.22. The second-order valence-corrected chi connectivity index (χ2v) is 5.96. The van der Waals surface area contributed by atoms with Crippen molar-refractivity contribution in [3.63, 3.8) is 0 Å². The summed E-state index contributed by atoms with van der Waals surface area (Å²) in [5, 5.41) is 0.692. The number of hydrogen-bond donors (Lipinski definition) is 1. The highest BCUT2D eigenvalue weighted by molar-refractivity contribution is 7.71. The van der Waals surface area contributed by atoms with Crippen molar-refractivity contribution in [2.45, 2.75) is 26.2 Å². The number of benzene rings is 2. The highest BCUT2D eigenvalue weighted by Crippen LogP contribution is 2.25. The van der Waals surface area contributed by atoms with Crippen LogP contribution in [0.1, 0.15) is 25.3 Å². The fraction of sp³-hybridized carbons (Fsp3) is 0.235. The van der Waals surface area contributed by atoms with Crippen molar-refractivity contribution in [1.82, 2.24) is 9.55 Å². The van der Waals surface area contributed by atoms with Gasteiger partial charge >= 0.3 is 0 Å². The monoisotopic (exact) mass is 316 g/mol. The van der Waals surface area contributed by atoms with Gasteiger partial charge in [0.2, 0.25) is 0 Å². The van der Waals surface area contributed by atoms with Crippen LogP contribution in [0.3, 0.4) is 0 Å². The van der Waals surface area contributed by atoms with Gasteiger partial charge < -0.3 is 4.98 Å². The predicted molar refractivity (Wildman–Crippen MR) is 92.1 cm³/mol. The zero-order valence-corrected chi connectivity index (χ0v) is 13.5. The topological polar surface area (TPSA) is 20.7 Å². The molecule has 3 aromatic rings. The Balaban J connectivity index is 2.06. The van der Waals surface area contributed by atoms with Crippen molar-refractivity contribution in [3.05, 3.63) is 57.8 Å². The maximum atomic E-state index is 6.22. The Bertz CT molecular complexity index is 815. The summed E-state index contributed by atoms with van der Waals surface area (Å²) in [4.78, 5) is 3.19. The molecule has 0 saturated carbocycles. The molecule has 2 nitrogen and oxygen atoms in total. The van der Waals surface area contributed by atoms with Crippen molar-refractivity contribution in [2.24, 2.45) is 0 Å². The highest BCUT2D eigenvalue weighted by atomic mass is 35.5. The van der Waals surface area contributed by atoms with E-state index in [0.717, 1.165) is 23.1 Å². The number of hydrogen-bond acceptors (Lipinski definition) is 1. The van der Waals surface area contributed by atoms with E-state index in [1.165, 1.54) is 18.4 Å². The number of nitrogens with zero attached hydrogens (tertiary/aromatic N) is 1. The van der Waals surface area contributed by atoms with Crippen LogP contribution in [0, 0.1) is 4.77 Å². The molecule has 1 heterocycles. The van der Waals surface area contributed by atoms with Gasteiger partial charge in [0, 0.05) is 5.69 Å². The summed E-state index contributed by atoms with van der Waals surface area (Å²) in [5.41, 5.74) is 4.33. The van der Waals surface area contributed by atoms with Gasteiger partial charge in [-0.2, -0.15) is 0 Å². The van der Waals surface area contributed by atoms with Gasteiger partial charge in [0.1, 0.15) is 0 Å². The molecule has 0 spiro atoms. The minimum atomic E-state index is 0.666. The van der Waals surface area contributed by atoms with Crippen LogP contribution in [0.15, 0.2) is 42.5 Å². The largest absolute Gasteiger partial charge is 0.329 e. The molecule has 0 aliphatic heterocycles. The van der Waals surface area contributed by atoms with Crippen LogP contribution >= 0.6 is 23.8 Å². The molecule has 0 unspecified atom stereocenters. The van der Waals surface area contributed by atoms with Gasteiger partial charge in [0.05, 0.1) is 16.1 Å². The molecule has 0 bridgehead atoms. The first-order valence-electron chi connectivity index (χ1n) is 7.19. The first-order valence-corrected chi connectivity index (χ1v) is 7.98. The molecule has 4 heteroatoms. The van der Waals surface area contributed by atoms with Gasteiger partial charge in [-0.1, -0.05) is 43.1 Å². The van der Waals surface area contributed by atoms with E-state index < -0.39 is 0 Å². The Morgan fingerprint density at radius 3 is 2.62 bits per heavy atom. The molecular formula is C17H17ClN2S. The smallest absolute Gasteiger partial charge is 0.182 e. The normalized spacial score (nSPS) is 11.1. The fourth-order valence-corrected chi connectivity index (χ4v) is 3.07. The van der Waals surface area contributed by atoms with Crippen LogP contribution in [0.4, 0.5) is 0 Å². The maximum Gasteiger partial charge on any atom is 0.182 e. The second kappa shape index (κ2) is 6.04. The van der Waals surface area contributed by atoms with E-state index in [1.807, 2.05) is 22.8 Å². The van der Waals surface area contributed by atoms with E-state index in [-0.39, 0.29) is 0 Å². The summed E-state index contributed by atoms with van der Waals surface area (Å²) < 4.78 is 2.69. The molecule has 0 radical (unpaired) electrons. The van der Waals surface area contributed by atoms with Crippen molar-refractivity contribution in [3.8, 4) is 5.69 Å². The molecule has 3 rings (SSSR count). The van der Waals surface area contributed by atoms with Gasteiger partial charge in [0.25, 0.3) is 0 Å². The molecule has 1 aromatic heterocycles. The number of aryl methyl sites for hydroxylation is 1. The summed E-state index contributed by atoms with van der Waals surface area (Å²) in [6.07, 6.45) is 3.57. The quantitative estimate of drug-likeness (QED) is 0.614. The summed E-state index contributed by atoms with van der Waals surface area (Å²) >= 11 is 11.7. The number of fused-ring (bicyclic) bond motifs is 1. The van der Waals surface area contributed by atoms with Crippen LogP contribution in [0.5, 0.6) is 0 Å². The zero-order valence-electron chi connectivity index (χ0n) is 11.9. The number of H-pyrrole nitrogens is 1. The first-order chi connectivity index (χ1) is 10.2. The highest BCUT2D eigenvalue weighted by Gasteiger charge is 2.08. The molecule has 0 saturated heterocycles. The lowest BCUT2D eigenvalue weighted by atomic mass is 10.1. The van der Waals surface area contributed by atoms with Crippen molar-refractivity contribution in [1.29, 1.82) is 0 Å². The zero-order chi connectivity index (χ0) is 14.8. The Hall–Kier alpha value is -1.58. The lowest BCUT2D eigenvalue weighted by molar-refractivity contribution is 0.795. The van der Waals surface area contributed by atoms with Crippen LogP contribution < -0.4 is 0 Å². The van der Waals surface area contributed by atoms with Crippen LogP contribution in [0.2, 0.25) is 5.02 Å². The third kappa shape index (κ3) is 2.76. The number of para-hydroxylation sites is 1. The van der Waals surface area contributed by atoms with Gasteiger partial charge in [-0.25, -0.2) is 0 Å². The second-order valence-electron chi connectivity index (χ2n) is 5.17. The van der Waals surface area contributed by atoms with Gasteiger partial charge in [0.15, 0.2) is 4.77 Å². The van der Waals surface area contributed by atoms with Gasteiger partial charge in [-0.3, -0.25) is 4.57 Å². The third-order valence-corrected chi connectivity index (χ3v) is 4.28. The SMILES string of the molecule is CCCCc1ccc(-n2c(=S)[nH]c3c(Cl)cccc32)cc1. The van der Waals surface area contributed by atoms with E-state index in [9.17, 15) is 0 Å². The third-order valence-electron chi connectivity index (χ3n) is 3.68. The van der Waals surface area contributed by atoms with Crippen LogP contribution in [-0.4, -0.2) is 9.55 Å². The first kappa shape index (κ1) is 14.4. The number of nitrogens with one attached hydrogen (secondary N) is 1. The Morgan fingerprint density at radius 2 is 1.90 bits per heavy atom. The molecule has 2 aromatic carbocycles. The molecular weight excluding hydrogens is 300 g/mol. The average molecular weight is 317 g/mol. The van der Waals surface area contributed by atoms with Crippen molar-refractivity contribution < 1.29 is 0 Å².